The fraction of sp³-hybridized carbons (Fsp3) is 0.143. The predicted molar refractivity (Wildman–Crippen MR) is 72.4 cm³/mol. The lowest BCUT2D eigenvalue weighted by Crippen LogP contribution is -2.10. The Morgan fingerprint density at radius 3 is 2.71 bits per heavy atom. The molecule has 0 saturated heterocycles. The van der Waals surface area contributed by atoms with E-state index in [4.69, 9.17) is 22.1 Å². The van der Waals surface area contributed by atoms with Gasteiger partial charge in [0.25, 0.3) is 0 Å². The summed E-state index contributed by atoms with van der Waals surface area (Å²) in [5, 5.41) is 2.26. The molecule has 17 heavy (non-hydrogen) atoms. The zero-order valence-corrected chi connectivity index (χ0v) is 10.2. The maximum atomic E-state index is 5.73. The molecule has 2 nitrogen and oxygen atoms in total. The van der Waals surface area contributed by atoms with Gasteiger partial charge in [0, 0.05) is 17.5 Å². The highest BCUT2D eigenvalue weighted by Gasteiger charge is 2.02. The molecular weight excluding hydrogens is 234 g/mol. The first kappa shape index (κ1) is 12.0. The lowest BCUT2D eigenvalue weighted by atomic mass is 10.1. The molecule has 0 aliphatic rings. The Hall–Kier alpha value is -1.51. The van der Waals surface area contributed by atoms with Crippen molar-refractivity contribution < 1.29 is 4.74 Å². The molecule has 0 bridgehead atoms. The maximum absolute atomic E-state index is 5.73. The van der Waals surface area contributed by atoms with Crippen LogP contribution in [0.3, 0.4) is 0 Å². The standard InChI is InChI=1S/C14H14ClNO/c15-8-11(9-16)10-17-14-7-3-5-12-4-1-2-6-13(12)14/h1-8H,9-10,16H2/b11-8+. The smallest absolute Gasteiger partial charge is 0.127 e. The summed E-state index contributed by atoms with van der Waals surface area (Å²) < 4.78 is 5.73. The summed E-state index contributed by atoms with van der Waals surface area (Å²) >= 11 is 5.63. The molecule has 0 aliphatic heterocycles. The first-order valence-electron chi connectivity index (χ1n) is 5.44. The van der Waals surface area contributed by atoms with E-state index >= 15 is 0 Å². The SMILES string of the molecule is NC/C(=C\Cl)COc1cccc2ccccc12. The van der Waals surface area contributed by atoms with Crippen molar-refractivity contribution in [3.8, 4) is 5.75 Å². The van der Waals surface area contributed by atoms with Gasteiger partial charge in [0.05, 0.1) is 0 Å². The van der Waals surface area contributed by atoms with Crippen molar-refractivity contribution in [1.82, 2.24) is 0 Å². The zero-order valence-electron chi connectivity index (χ0n) is 9.40. The topological polar surface area (TPSA) is 35.2 Å². The highest BCUT2D eigenvalue weighted by Crippen LogP contribution is 2.25. The van der Waals surface area contributed by atoms with Gasteiger partial charge in [-0.2, -0.15) is 0 Å². The van der Waals surface area contributed by atoms with Crippen LogP contribution in [0.25, 0.3) is 10.8 Å². The number of ether oxygens (including phenoxy) is 1. The highest BCUT2D eigenvalue weighted by molar-refractivity contribution is 6.25. The van der Waals surface area contributed by atoms with Crippen LogP contribution in [0.4, 0.5) is 0 Å². The molecule has 0 heterocycles. The third kappa shape index (κ3) is 2.78. The minimum atomic E-state index is 0.411. The van der Waals surface area contributed by atoms with Gasteiger partial charge in [0.1, 0.15) is 12.4 Å². The number of nitrogens with two attached hydrogens (primary N) is 1. The van der Waals surface area contributed by atoms with Crippen LogP contribution in [0.15, 0.2) is 53.6 Å². The molecule has 0 atom stereocenters. The number of halogens is 1. The Balaban J connectivity index is 2.24. The van der Waals surface area contributed by atoms with Gasteiger partial charge >= 0.3 is 0 Å². The van der Waals surface area contributed by atoms with E-state index in [2.05, 4.69) is 12.1 Å². The van der Waals surface area contributed by atoms with Gasteiger partial charge in [-0.15, -0.1) is 0 Å². The van der Waals surface area contributed by atoms with E-state index in [9.17, 15) is 0 Å². The van der Waals surface area contributed by atoms with Gasteiger partial charge in [-0.3, -0.25) is 0 Å². The Kier molecular flexibility index (Phi) is 4.02. The molecular formula is C14H14ClNO. The minimum absolute atomic E-state index is 0.411. The summed E-state index contributed by atoms with van der Waals surface area (Å²) in [4.78, 5) is 0. The van der Waals surface area contributed by atoms with Crippen LogP contribution in [-0.2, 0) is 0 Å². The van der Waals surface area contributed by atoms with E-state index in [-0.39, 0.29) is 0 Å². The second-order valence-electron chi connectivity index (χ2n) is 3.74. The Morgan fingerprint density at radius 2 is 1.94 bits per heavy atom. The van der Waals surface area contributed by atoms with E-state index in [0.29, 0.717) is 13.2 Å². The van der Waals surface area contributed by atoms with Crippen molar-refractivity contribution in [3.05, 3.63) is 53.6 Å². The number of hydrogen-bond acceptors (Lipinski definition) is 2. The highest BCUT2D eigenvalue weighted by atomic mass is 35.5. The van der Waals surface area contributed by atoms with Crippen molar-refractivity contribution in [2.75, 3.05) is 13.2 Å². The van der Waals surface area contributed by atoms with Crippen LogP contribution in [0.1, 0.15) is 0 Å². The molecule has 2 aromatic rings. The van der Waals surface area contributed by atoms with Crippen molar-refractivity contribution in [3.63, 3.8) is 0 Å². The van der Waals surface area contributed by atoms with Crippen LogP contribution >= 0.6 is 11.6 Å². The van der Waals surface area contributed by atoms with Gasteiger partial charge in [-0.25, -0.2) is 0 Å². The second kappa shape index (κ2) is 5.71. The Bertz CT molecular complexity index is 531. The Morgan fingerprint density at radius 1 is 1.18 bits per heavy atom. The first-order chi connectivity index (χ1) is 8.35. The molecule has 0 fully saturated rings. The number of rotatable bonds is 4. The monoisotopic (exact) mass is 247 g/mol. The molecule has 0 amide bonds. The van der Waals surface area contributed by atoms with Crippen molar-refractivity contribution in [1.29, 1.82) is 0 Å². The van der Waals surface area contributed by atoms with Crippen molar-refractivity contribution >= 4 is 22.4 Å². The van der Waals surface area contributed by atoms with Crippen molar-refractivity contribution in [2.24, 2.45) is 5.73 Å². The Labute approximate surface area is 106 Å². The normalized spacial score (nSPS) is 11.8. The molecule has 2 N–H and O–H groups in total. The van der Waals surface area contributed by atoms with Crippen LogP contribution in [0, 0.1) is 0 Å². The summed E-state index contributed by atoms with van der Waals surface area (Å²) in [6, 6.07) is 14.1. The first-order valence-corrected chi connectivity index (χ1v) is 5.87. The van der Waals surface area contributed by atoms with Crippen molar-refractivity contribution in [2.45, 2.75) is 0 Å². The summed E-state index contributed by atoms with van der Waals surface area (Å²) in [7, 11) is 0. The van der Waals surface area contributed by atoms with Crippen LogP contribution < -0.4 is 10.5 Å². The zero-order chi connectivity index (χ0) is 12.1. The van der Waals surface area contributed by atoms with Gasteiger partial charge in [0.15, 0.2) is 0 Å². The molecule has 0 aromatic heterocycles. The molecule has 0 saturated carbocycles. The lowest BCUT2D eigenvalue weighted by Gasteiger charge is -2.10. The predicted octanol–water partition coefficient (Wildman–Crippen LogP) is 3.30. The average molecular weight is 248 g/mol. The second-order valence-corrected chi connectivity index (χ2v) is 3.96. The molecule has 3 heteroatoms. The average Bonchev–Trinajstić information content (AvgIpc) is 2.40. The molecule has 2 rings (SSSR count). The van der Waals surface area contributed by atoms with E-state index < -0.39 is 0 Å². The largest absolute Gasteiger partial charge is 0.489 e. The van der Waals surface area contributed by atoms with Gasteiger partial charge in [0.2, 0.25) is 0 Å². The molecule has 0 radical (unpaired) electrons. The van der Waals surface area contributed by atoms with E-state index in [1.54, 1.807) is 0 Å². The summed E-state index contributed by atoms with van der Waals surface area (Å²) in [5.74, 6) is 0.854. The molecule has 2 aromatic carbocycles. The van der Waals surface area contributed by atoms with Gasteiger partial charge < -0.3 is 10.5 Å². The fourth-order valence-electron chi connectivity index (χ4n) is 1.63. The number of benzene rings is 2. The fourth-order valence-corrected chi connectivity index (χ4v) is 1.78. The van der Waals surface area contributed by atoms with Crippen LogP contribution in [0.5, 0.6) is 5.75 Å². The molecule has 88 valence electrons. The molecule has 0 aliphatic carbocycles. The summed E-state index contributed by atoms with van der Waals surface area (Å²) in [6.45, 7) is 0.836. The summed E-state index contributed by atoms with van der Waals surface area (Å²) in [5.41, 5.74) is 7.88. The van der Waals surface area contributed by atoms with E-state index in [0.717, 1.165) is 22.1 Å². The maximum Gasteiger partial charge on any atom is 0.127 e. The van der Waals surface area contributed by atoms with E-state index in [1.807, 2.05) is 30.3 Å². The number of fused-ring (bicyclic) bond motifs is 1. The van der Waals surface area contributed by atoms with Gasteiger partial charge in [-0.05, 0) is 17.0 Å². The number of hydrogen-bond donors (Lipinski definition) is 1. The summed E-state index contributed by atoms with van der Waals surface area (Å²) in [6.07, 6.45) is 0. The van der Waals surface area contributed by atoms with E-state index in [1.165, 1.54) is 5.54 Å². The van der Waals surface area contributed by atoms with Crippen LogP contribution in [-0.4, -0.2) is 13.2 Å². The van der Waals surface area contributed by atoms with Crippen LogP contribution in [0.2, 0.25) is 0 Å². The minimum Gasteiger partial charge on any atom is -0.489 e. The van der Waals surface area contributed by atoms with Gasteiger partial charge in [-0.1, -0.05) is 48.0 Å². The lowest BCUT2D eigenvalue weighted by molar-refractivity contribution is 0.355. The molecule has 0 unspecified atom stereocenters. The quantitative estimate of drug-likeness (QED) is 0.900. The third-order valence-corrected chi connectivity index (χ3v) is 2.89. The third-order valence-electron chi connectivity index (χ3n) is 2.58. The molecule has 0 spiro atoms.